The third kappa shape index (κ3) is 2.34. The lowest BCUT2D eigenvalue weighted by Crippen LogP contribution is -2.44. The maximum atomic E-state index is 12.1. The van der Waals surface area contributed by atoms with Gasteiger partial charge in [-0.3, -0.25) is 4.55 Å². The monoisotopic (exact) mass is 301 g/mol. The smallest absolute Gasteiger partial charge is 0.293 e. The molecule has 0 aliphatic heterocycles. The summed E-state index contributed by atoms with van der Waals surface area (Å²) in [6.45, 7) is 0. The van der Waals surface area contributed by atoms with Gasteiger partial charge in [-0.15, -0.1) is 0 Å². The average Bonchev–Trinajstić information content (AvgIpc) is 2.47. The Morgan fingerprint density at radius 1 is 1.00 bits per heavy atom. The van der Waals surface area contributed by atoms with Crippen LogP contribution in [0.5, 0.6) is 0 Å². The molecule has 0 radical (unpaired) electrons. The van der Waals surface area contributed by atoms with E-state index in [1.165, 1.54) is 0 Å². The van der Waals surface area contributed by atoms with Crippen molar-refractivity contribution in [2.24, 2.45) is 0 Å². The molecule has 4 nitrogen and oxygen atoms in total. The zero-order chi connectivity index (χ0) is 14.9. The van der Waals surface area contributed by atoms with Crippen LogP contribution in [-0.2, 0) is 15.0 Å². The van der Waals surface area contributed by atoms with Crippen LogP contribution in [0.4, 0.5) is 5.69 Å². The Balaban J connectivity index is 2.19. The van der Waals surface area contributed by atoms with Crippen LogP contribution in [0.2, 0.25) is 0 Å². The molecule has 0 saturated carbocycles. The van der Waals surface area contributed by atoms with Crippen molar-refractivity contribution < 1.29 is 13.0 Å². The standard InChI is InChI=1S/C16H15NO3S/c18-21(19,20)16(17-14-9-2-1-3-10-14)12-6-8-13-7-4-5-11-15(13)16/h1-11,17H,12H2,(H,18,19,20). The molecule has 1 unspecified atom stereocenters. The number of para-hydroxylation sites is 1. The molecule has 0 bridgehead atoms. The molecule has 5 heteroatoms. The van der Waals surface area contributed by atoms with E-state index in [1.54, 1.807) is 30.3 Å². The lowest BCUT2D eigenvalue weighted by Gasteiger charge is -2.35. The minimum Gasteiger partial charge on any atom is -0.361 e. The Kier molecular flexibility index (Phi) is 3.31. The van der Waals surface area contributed by atoms with Crippen LogP contribution in [0.1, 0.15) is 17.5 Å². The van der Waals surface area contributed by atoms with Gasteiger partial charge < -0.3 is 5.32 Å². The highest BCUT2D eigenvalue weighted by Crippen LogP contribution is 2.40. The fraction of sp³-hybridized carbons (Fsp3) is 0.125. The zero-order valence-electron chi connectivity index (χ0n) is 11.2. The van der Waals surface area contributed by atoms with E-state index in [0.717, 1.165) is 5.56 Å². The van der Waals surface area contributed by atoms with Crippen LogP contribution in [0, 0.1) is 0 Å². The van der Waals surface area contributed by atoms with Gasteiger partial charge in [0.1, 0.15) is 0 Å². The first-order valence-corrected chi connectivity index (χ1v) is 8.03. The van der Waals surface area contributed by atoms with Crippen LogP contribution >= 0.6 is 0 Å². The fourth-order valence-corrected chi connectivity index (χ4v) is 3.67. The number of anilines is 1. The summed E-state index contributed by atoms with van der Waals surface area (Å²) in [5.41, 5.74) is 1.98. The van der Waals surface area contributed by atoms with E-state index in [9.17, 15) is 13.0 Å². The van der Waals surface area contributed by atoms with E-state index in [-0.39, 0.29) is 6.42 Å². The number of rotatable bonds is 3. The van der Waals surface area contributed by atoms with E-state index in [2.05, 4.69) is 5.32 Å². The van der Waals surface area contributed by atoms with Gasteiger partial charge in [0, 0.05) is 17.7 Å². The molecule has 0 aromatic heterocycles. The summed E-state index contributed by atoms with van der Waals surface area (Å²) in [6.07, 6.45) is 3.79. The molecule has 21 heavy (non-hydrogen) atoms. The fourth-order valence-electron chi connectivity index (χ4n) is 2.65. The summed E-state index contributed by atoms with van der Waals surface area (Å²) >= 11 is 0. The molecule has 2 aromatic rings. The zero-order valence-corrected chi connectivity index (χ0v) is 12.0. The van der Waals surface area contributed by atoms with Crippen LogP contribution < -0.4 is 5.32 Å². The molecule has 0 amide bonds. The second-order valence-electron chi connectivity index (χ2n) is 4.99. The molecule has 0 heterocycles. The highest BCUT2D eigenvalue weighted by atomic mass is 32.2. The highest BCUT2D eigenvalue weighted by molar-refractivity contribution is 7.87. The predicted molar refractivity (Wildman–Crippen MR) is 83.4 cm³/mol. The second kappa shape index (κ2) is 5.02. The van der Waals surface area contributed by atoms with Gasteiger partial charge in [0.15, 0.2) is 4.87 Å². The summed E-state index contributed by atoms with van der Waals surface area (Å²) in [6, 6.07) is 16.2. The summed E-state index contributed by atoms with van der Waals surface area (Å²) < 4.78 is 34.1. The largest absolute Gasteiger partial charge is 0.361 e. The Hall–Kier alpha value is -2.11. The number of hydrogen-bond acceptors (Lipinski definition) is 3. The van der Waals surface area contributed by atoms with Gasteiger partial charge in [-0.05, 0) is 17.7 Å². The topological polar surface area (TPSA) is 66.4 Å². The van der Waals surface area contributed by atoms with Crippen LogP contribution in [0.15, 0.2) is 60.7 Å². The Morgan fingerprint density at radius 2 is 1.67 bits per heavy atom. The molecular formula is C16H15NO3S. The van der Waals surface area contributed by atoms with Crippen molar-refractivity contribution in [1.82, 2.24) is 0 Å². The predicted octanol–water partition coefficient (Wildman–Crippen LogP) is 3.26. The Morgan fingerprint density at radius 3 is 2.38 bits per heavy atom. The van der Waals surface area contributed by atoms with Crippen molar-refractivity contribution in [2.75, 3.05) is 5.32 Å². The molecule has 2 N–H and O–H groups in total. The molecule has 108 valence electrons. The van der Waals surface area contributed by atoms with Crippen molar-refractivity contribution in [3.8, 4) is 0 Å². The minimum absolute atomic E-state index is 0.164. The molecule has 2 aromatic carbocycles. The normalized spacial score (nSPS) is 20.8. The van der Waals surface area contributed by atoms with E-state index in [0.29, 0.717) is 11.3 Å². The second-order valence-corrected chi connectivity index (χ2v) is 6.63. The first-order valence-electron chi connectivity index (χ1n) is 6.59. The van der Waals surface area contributed by atoms with E-state index < -0.39 is 15.0 Å². The maximum Gasteiger partial charge on any atom is 0.293 e. The number of benzene rings is 2. The van der Waals surface area contributed by atoms with Crippen molar-refractivity contribution in [3.05, 3.63) is 71.8 Å². The Labute approximate surface area is 123 Å². The van der Waals surface area contributed by atoms with Crippen LogP contribution in [-0.4, -0.2) is 13.0 Å². The third-order valence-corrected chi connectivity index (χ3v) is 5.03. The van der Waals surface area contributed by atoms with Crippen molar-refractivity contribution in [2.45, 2.75) is 11.3 Å². The van der Waals surface area contributed by atoms with Crippen molar-refractivity contribution in [1.29, 1.82) is 0 Å². The quantitative estimate of drug-likeness (QED) is 0.854. The van der Waals surface area contributed by atoms with Crippen molar-refractivity contribution >= 4 is 21.9 Å². The highest BCUT2D eigenvalue weighted by Gasteiger charge is 2.46. The summed E-state index contributed by atoms with van der Waals surface area (Å²) in [5, 5.41) is 3.00. The molecule has 0 saturated heterocycles. The van der Waals surface area contributed by atoms with Gasteiger partial charge in [0.05, 0.1) is 0 Å². The molecule has 1 atom stereocenters. The summed E-state index contributed by atoms with van der Waals surface area (Å²) in [4.78, 5) is -1.56. The van der Waals surface area contributed by atoms with Gasteiger partial charge in [0.25, 0.3) is 10.1 Å². The number of fused-ring (bicyclic) bond motifs is 1. The summed E-state index contributed by atoms with van der Waals surface area (Å²) in [5.74, 6) is 0. The number of hydrogen-bond donors (Lipinski definition) is 2. The first-order chi connectivity index (χ1) is 10.0. The van der Waals surface area contributed by atoms with E-state index >= 15 is 0 Å². The first kappa shape index (κ1) is 13.9. The van der Waals surface area contributed by atoms with Crippen molar-refractivity contribution in [3.63, 3.8) is 0 Å². The molecular weight excluding hydrogens is 286 g/mol. The molecule has 1 aliphatic rings. The number of nitrogens with one attached hydrogen (secondary N) is 1. The minimum atomic E-state index is -4.36. The molecule has 3 rings (SSSR count). The van der Waals surface area contributed by atoms with E-state index in [4.69, 9.17) is 0 Å². The van der Waals surface area contributed by atoms with Gasteiger partial charge in [-0.2, -0.15) is 8.42 Å². The third-order valence-electron chi connectivity index (χ3n) is 3.66. The molecule has 0 spiro atoms. The summed E-state index contributed by atoms with van der Waals surface area (Å²) in [7, 11) is -4.36. The lowest BCUT2D eigenvalue weighted by atomic mass is 9.92. The van der Waals surface area contributed by atoms with Gasteiger partial charge in [-0.1, -0.05) is 54.6 Å². The van der Waals surface area contributed by atoms with Gasteiger partial charge in [0.2, 0.25) is 0 Å². The molecule has 0 fully saturated rings. The molecule has 1 aliphatic carbocycles. The maximum absolute atomic E-state index is 12.1. The van der Waals surface area contributed by atoms with E-state index in [1.807, 2.05) is 36.4 Å². The SMILES string of the molecule is O=S(=O)(O)C1(Nc2ccccc2)CC=Cc2ccccc21. The van der Waals surface area contributed by atoms with Gasteiger partial charge >= 0.3 is 0 Å². The van der Waals surface area contributed by atoms with Crippen LogP contribution in [0.25, 0.3) is 6.08 Å². The van der Waals surface area contributed by atoms with Gasteiger partial charge in [-0.25, -0.2) is 0 Å². The average molecular weight is 301 g/mol. The van der Waals surface area contributed by atoms with Crippen LogP contribution in [0.3, 0.4) is 0 Å². The Bertz CT molecular complexity index is 784. The lowest BCUT2D eigenvalue weighted by molar-refractivity contribution is 0.439.